The molecule has 6 nitrogen and oxygen atoms in total. The number of rotatable bonds is 8. The lowest BCUT2D eigenvalue weighted by Gasteiger charge is -2.21. The van der Waals surface area contributed by atoms with Gasteiger partial charge in [0.25, 0.3) is 0 Å². The summed E-state index contributed by atoms with van der Waals surface area (Å²) in [5, 5.41) is 3.02. The van der Waals surface area contributed by atoms with Crippen molar-refractivity contribution in [3.8, 4) is 11.5 Å². The number of hydrogen-bond donors (Lipinski definition) is 1. The Balaban J connectivity index is 2.32. The van der Waals surface area contributed by atoms with Crippen molar-refractivity contribution in [2.24, 2.45) is 5.92 Å². The van der Waals surface area contributed by atoms with Gasteiger partial charge in [0.2, 0.25) is 11.8 Å². The highest BCUT2D eigenvalue weighted by Crippen LogP contribution is 2.42. The van der Waals surface area contributed by atoms with Crippen LogP contribution in [-0.4, -0.2) is 50.6 Å². The van der Waals surface area contributed by atoms with Crippen molar-refractivity contribution in [1.29, 1.82) is 0 Å². The summed E-state index contributed by atoms with van der Waals surface area (Å²) in [7, 11) is 3.19. The minimum Gasteiger partial charge on any atom is -0.493 e. The molecule has 2 atom stereocenters. The van der Waals surface area contributed by atoms with Crippen LogP contribution in [0.3, 0.4) is 0 Å². The summed E-state index contributed by atoms with van der Waals surface area (Å²) in [6.07, 6.45) is 2.41. The minimum atomic E-state index is -0.289. The number of carbonyl (C=O) groups excluding carboxylic acids is 2. The smallest absolute Gasteiger partial charge is 0.225 e. The monoisotopic (exact) mass is 362 g/mol. The van der Waals surface area contributed by atoms with Crippen molar-refractivity contribution < 1.29 is 19.1 Å². The molecule has 1 saturated heterocycles. The van der Waals surface area contributed by atoms with Crippen LogP contribution in [0.1, 0.15) is 44.6 Å². The van der Waals surface area contributed by atoms with Gasteiger partial charge in [-0.25, -0.2) is 0 Å². The van der Waals surface area contributed by atoms with Crippen LogP contribution in [0.4, 0.5) is 0 Å². The van der Waals surface area contributed by atoms with E-state index in [9.17, 15) is 9.59 Å². The van der Waals surface area contributed by atoms with Crippen LogP contribution in [0.5, 0.6) is 11.5 Å². The van der Waals surface area contributed by atoms with Gasteiger partial charge in [-0.3, -0.25) is 9.59 Å². The van der Waals surface area contributed by atoms with Crippen molar-refractivity contribution in [2.75, 3.05) is 33.9 Å². The average molecular weight is 362 g/mol. The molecule has 2 rings (SSSR count). The molecule has 1 aliphatic heterocycles. The summed E-state index contributed by atoms with van der Waals surface area (Å²) in [6, 6.07) is 5.69. The zero-order valence-electron chi connectivity index (χ0n) is 16.2. The number of unbranched alkanes of at least 4 members (excludes halogenated alkanes) is 1. The Morgan fingerprint density at radius 1 is 1.19 bits per heavy atom. The molecule has 1 N–H and O–H groups in total. The Bertz CT molecular complexity index is 632. The molecule has 0 spiro atoms. The van der Waals surface area contributed by atoms with Crippen LogP contribution < -0.4 is 14.8 Å². The molecule has 26 heavy (non-hydrogen) atoms. The number of benzene rings is 1. The lowest BCUT2D eigenvalue weighted by molar-refractivity contribution is -0.130. The van der Waals surface area contributed by atoms with Crippen LogP contribution in [0, 0.1) is 5.92 Å². The number of amides is 2. The van der Waals surface area contributed by atoms with E-state index in [4.69, 9.17) is 9.47 Å². The lowest BCUT2D eigenvalue weighted by Crippen LogP contribution is -2.36. The van der Waals surface area contributed by atoms with E-state index >= 15 is 0 Å². The molecule has 1 aromatic rings. The number of likely N-dealkylation sites (tertiary alicyclic amines) is 1. The van der Waals surface area contributed by atoms with Gasteiger partial charge in [0.05, 0.1) is 20.1 Å². The maximum Gasteiger partial charge on any atom is 0.225 e. The highest BCUT2D eigenvalue weighted by Gasteiger charge is 2.41. The topological polar surface area (TPSA) is 67.9 Å². The van der Waals surface area contributed by atoms with Crippen molar-refractivity contribution in [3.63, 3.8) is 0 Å². The third-order valence-corrected chi connectivity index (χ3v) is 4.97. The molecule has 1 fully saturated rings. The van der Waals surface area contributed by atoms with E-state index in [2.05, 4.69) is 12.2 Å². The second-order valence-corrected chi connectivity index (χ2v) is 6.59. The quantitative estimate of drug-likeness (QED) is 0.722. The molecule has 0 radical (unpaired) electrons. The Labute approximate surface area is 155 Å². The zero-order chi connectivity index (χ0) is 19.1. The molecule has 2 amide bonds. The van der Waals surface area contributed by atoms with Crippen LogP contribution in [0.15, 0.2) is 18.2 Å². The fourth-order valence-electron chi connectivity index (χ4n) is 3.54. The SMILES string of the molecule is CCCCNC(=O)C1CN(C(=O)CC)CC1c1cccc(OC)c1OC. The Morgan fingerprint density at radius 3 is 2.58 bits per heavy atom. The number of nitrogens with one attached hydrogen (secondary N) is 1. The van der Waals surface area contributed by atoms with Gasteiger partial charge in [-0.15, -0.1) is 0 Å². The van der Waals surface area contributed by atoms with Gasteiger partial charge < -0.3 is 19.7 Å². The van der Waals surface area contributed by atoms with Crippen molar-refractivity contribution in [3.05, 3.63) is 23.8 Å². The van der Waals surface area contributed by atoms with E-state index in [1.165, 1.54) is 0 Å². The molecule has 1 aliphatic rings. The molecule has 0 aliphatic carbocycles. The van der Waals surface area contributed by atoms with Crippen molar-refractivity contribution in [1.82, 2.24) is 10.2 Å². The van der Waals surface area contributed by atoms with Gasteiger partial charge in [-0.1, -0.05) is 32.4 Å². The first kappa shape index (κ1) is 20.1. The van der Waals surface area contributed by atoms with E-state index in [1.807, 2.05) is 25.1 Å². The first-order valence-electron chi connectivity index (χ1n) is 9.33. The van der Waals surface area contributed by atoms with E-state index in [0.29, 0.717) is 37.6 Å². The number of nitrogens with zero attached hydrogens (tertiary/aromatic N) is 1. The summed E-state index contributed by atoms with van der Waals surface area (Å²) in [6.45, 7) is 5.55. The molecule has 6 heteroatoms. The first-order valence-corrected chi connectivity index (χ1v) is 9.33. The highest BCUT2D eigenvalue weighted by molar-refractivity contribution is 5.83. The van der Waals surface area contributed by atoms with Crippen LogP contribution in [-0.2, 0) is 9.59 Å². The number of ether oxygens (including phenoxy) is 2. The van der Waals surface area contributed by atoms with Gasteiger partial charge in [0, 0.05) is 37.5 Å². The highest BCUT2D eigenvalue weighted by atomic mass is 16.5. The number of methoxy groups -OCH3 is 2. The molecule has 1 aromatic carbocycles. The fraction of sp³-hybridized carbons (Fsp3) is 0.600. The van der Waals surface area contributed by atoms with Gasteiger partial charge in [-0.2, -0.15) is 0 Å². The van der Waals surface area contributed by atoms with Gasteiger partial charge in [0.15, 0.2) is 11.5 Å². The Morgan fingerprint density at radius 2 is 1.96 bits per heavy atom. The maximum atomic E-state index is 12.8. The summed E-state index contributed by atoms with van der Waals surface area (Å²) >= 11 is 0. The third kappa shape index (κ3) is 4.29. The molecule has 0 aromatic heterocycles. The van der Waals surface area contributed by atoms with Gasteiger partial charge >= 0.3 is 0 Å². The maximum absolute atomic E-state index is 12.8. The summed E-state index contributed by atoms with van der Waals surface area (Å²) in [5.41, 5.74) is 0.911. The predicted octanol–water partition coefficient (Wildman–Crippen LogP) is 2.57. The zero-order valence-corrected chi connectivity index (χ0v) is 16.2. The van der Waals surface area contributed by atoms with E-state index in [1.54, 1.807) is 19.1 Å². The van der Waals surface area contributed by atoms with E-state index < -0.39 is 0 Å². The first-order chi connectivity index (χ1) is 12.6. The van der Waals surface area contributed by atoms with Gasteiger partial charge in [0.1, 0.15) is 0 Å². The summed E-state index contributed by atoms with van der Waals surface area (Å²) in [5.74, 6) is 0.938. The molecule has 1 heterocycles. The molecule has 0 saturated carbocycles. The second-order valence-electron chi connectivity index (χ2n) is 6.59. The summed E-state index contributed by atoms with van der Waals surface area (Å²) in [4.78, 5) is 26.8. The van der Waals surface area contributed by atoms with E-state index in [-0.39, 0.29) is 23.7 Å². The number of para-hydroxylation sites is 1. The van der Waals surface area contributed by atoms with Crippen molar-refractivity contribution >= 4 is 11.8 Å². The standard InChI is InChI=1S/C20H30N2O4/c1-5-7-11-21-20(24)16-13-22(18(23)6-2)12-15(16)14-9-8-10-17(25-3)19(14)26-4/h8-10,15-16H,5-7,11-13H2,1-4H3,(H,21,24). The molecule has 2 unspecified atom stereocenters. The van der Waals surface area contributed by atoms with Crippen LogP contribution in [0.25, 0.3) is 0 Å². The minimum absolute atomic E-state index is 0.000254. The van der Waals surface area contributed by atoms with Crippen LogP contribution in [0.2, 0.25) is 0 Å². The molecule has 144 valence electrons. The third-order valence-electron chi connectivity index (χ3n) is 4.97. The van der Waals surface area contributed by atoms with E-state index in [0.717, 1.165) is 18.4 Å². The number of hydrogen-bond acceptors (Lipinski definition) is 4. The fourth-order valence-corrected chi connectivity index (χ4v) is 3.54. The predicted molar refractivity (Wildman–Crippen MR) is 101 cm³/mol. The normalized spacial score (nSPS) is 19.3. The van der Waals surface area contributed by atoms with Crippen LogP contribution >= 0.6 is 0 Å². The molecular weight excluding hydrogens is 332 g/mol. The second kappa shape index (κ2) is 9.46. The Hall–Kier alpha value is -2.24. The summed E-state index contributed by atoms with van der Waals surface area (Å²) < 4.78 is 11.0. The lowest BCUT2D eigenvalue weighted by atomic mass is 9.87. The largest absolute Gasteiger partial charge is 0.493 e. The average Bonchev–Trinajstić information content (AvgIpc) is 3.12. The molecular formula is C20H30N2O4. The number of carbonyl (C=O) groups is 2. The molecule has 0 bridgehead atoms. The van der Waals surface area contributed by atoms with Crippen molar-refractivity contribution in [2.45, 2.75) is 39.0 Å². The Kier molecular flexibility index (Phi) is 7.30. The van der Waals surface area contributed by atoms with Gasteiger partial charge in [-0.05, 0) is 12.5 Å².